The van der Waals surface area contributed by atoms with Gasteiger partial charge in [0.1, 0.15) is 24.9 Å². The van der Waals surface area contributed by atoms with Crippen LogP contribution < -0.4 is 14.4 Å². The summed E-state index contributed by atoms with van der Waals surface area (Å²) >= 11 is 0. The molecule has 0 N–H and O–H groups in total. The van der Waals surface area contributed by atoms with Crippen molar-refractivity contribution in [3.8, 4) is 11.8 Å². The first-order valence-corrected chi connectivity index (χ1v) is 11.5. The SMILES string of the molecule is Fc1cnc2c3c(cc(OC[C@@]45CCCN4C[C@H](F)C5)nc13)N1CCCCCC1CO2. The fraction of sp³-hybridized carbons (Fsp3) is 0.652. The highest BCUT2D eigenvalue weighted by Gasteiger charge is 2.49. The van der Waals surface area contributed by atoms with Gasteiger partial charge in [0.25, 0.3) is 0 Å². The van der Waals surface area contributed by atoms with Crippen LogP contribution in [0.5, 0.6) is 11.8 Å². The van der Waals surface area contributed by atoms with Crippen LogP contribution in [0.1, 0.15) is 44.9 Å². The summed E-state index contributed by atoms with van der Waals surface area (Å²) in [6.45, 7) is 3.20. The molecule has 0 radical (unpaired) electrons. The number of hydrogen-bond donors (Lipinski definition) is 0. The zero-order chi connectivity index (χ0) is 21.0. The molecule has 0 amide bonds. The normalized spacial score (nSPS) is 30.5. The molecular formula is C23H28F2N4O2. The van der Waals surface area contributed by atoms with Crippen LogP contribution in [-0.2, 0) is 0 Å². The maximum Gasteiger partial charge on any atom is 0.225 e. The summed E-state index contributed by atoms with van der Waals surface area (Å²) in [5.41, 5.74) is 0.861. The van der Waals surface area contributed by atoms with E-state index >= 15 is 0 Å². The van der Waals surface area contributed by atoms with Gasteiger partial charge in [0, 0.05) is 25.6 Å². The lowest BCUT2D eigenvalue weighted by Gasteiger charge is -2.32. The number of pyridine rings is 2. The number of halogens is 2. The number of anilines is 1. The van der Waals surface area contributed by atoms with Crippen molar-refractivity contribution in [2.75, 3.05) is 37.7 Å². The molecule has 2 aromatic rings. The van der Waals surface area contributed by atoms with E-state index in [0.29, 0.717) is 43.3 Å². The Hall–Kier alpha value is -2.22. The third kappa shape index (κ3) is 3.22. The monoisotopic (exact) mass is 430 g/mol. The van der Waals surface area contributed by atoms with Gasteiger partial charge in [0.2, 0.25) is 11.8 Å². The van der Waals surface area contributed by atoms with Crippen LogP contribution in [0, 0.1) is 5.82 Å². The second kappa shape index (κ2) is 7.43. The molecule has 6 rings (SSSR count). The molecule has 0 saturated carbocycles. The number of nitrogens with zero attached hydrogens (tertiary/aromatic N) is 4. The van der Waals surface area contributed by atoms with Gasteiger partial charge in [0.15, 0.2) is 5.82 Å². The predicted molar refractivity (Wildman–Crippen MR) is 113 cm³/mol. The van der Waals surface area contributed by atoms with E-state index < -0.39 is 12.0 Å². The van der Waals surface area contributed by atoms with Gasteiger partial charge in [0.05, 0.1) is 28.9 Å². The van der Waals surface area contributed by atoms with Crippen molar-refractivity contribution in [1.29, 1.82) is 0 Å². The molecular weight excluding hydrogens is 402 g/mol. The smallest absolute Gasteiger partial charge is 0.225 e. The summed E-state index contributed by atoms with van der Waals surface area (Å²) in [6.07, 6.45) is 7.32. The van der Waals surface area contributed by atoms with Crippen LogP contribution in [0.15, 0.2) is 12.3 Å². The number of aromatic nitrogens is 2. The minimum Gasteiger partial charge on any atom is -0.476 e. The molecule has 0 spiro atoms. The molecule has 0 aliphatic carbocycles. The van der Waals surface area contributed by atoms with E-state index in [4.69, 9.17) is 9.47 Å². The van der Waals surface area contributed by atoms with Gasteiger partial charge in [-0.05, 0) is 32.2 Å². The van der Waals surface area contributed by atoms with E-state index in [1.54, 1.807) is 0 Å². The molecule has 4 aliphatic heterocycles. The first-order chi connectivity index (χ1) is 15.1. The number of fused-ring (bicyclic) bond motifs is 3. The Kier molecular flexibility index (Phi) is 4.67. The zero-order valence-corrected chi connectivity index (χ0v) is 17.7. The maximum atomic E-state index is 14.8. The summed E-state index contributed by atoms with van der Waals surface area (Å²) in [4.78, 5) is 13.3. The standard InChI is InChI=1S/C23H28F2N4O2/c24-15-10-23(6-4-7-28(23)12-15)14-31-19-9-18-20-21(27-19)17(25)11-26-22(20)30-13-16-5-2-1-3-8-29(16)18/h9,11,15-16H,1-8,10,12-14H2/t15-,16?,23+/m1/s1. The summed E-state index contributed by atoms with van der Waals surface area (Å²) < 4.78 is 41.1. The predicted octanol–water partition coefficient (Wildman–Crippen LogP) is 3.87. The molecule has 2 aromatic heterocycles. The van der Waals surface area contributed by atoms with Crippen LogP contribution in [0.2, 0.25) is 0 Å². The molecule has 3 atom stereocenters. The van der Waals surface area contributed by atoms with Crippen molar-refractivity contribution in [2.24, 2.45) is 0 Å². The van der Waals surface area contributed by atoms with Gasteiger partial charge in [-0.25, -0.2) is 18.7 Å². The summed E-state index contributed by atoms with van der Waals surface area (Å²) in [6, 6.07) is 2.14. The Morgan fingerprint density at radius 3 is 3.10 bits per heavy atom. The average Bonchev–Trinajstić information content (AvgIpc) is 3.10. The fourth-order valence-corrected chi connectivity index (χ4v) is 6.04. The van der Waals surface area contributed by atoms with Crippen molar-refractivity contribution >= 4 is 16.6 Å². The average molecular weight is 430 g/mol. The van der Waals surface area contributed by atoms with Crippen LogP contribution in [0.25, 0.3) is 10.9 Å². The molecule has 8 heteroatoms. The maximum absolute atomic E-state index is 14.8. The molecule has 0 bridgehead atoms. The molecule has 6 heterocycles. The molecule has 31 heavy (non-hydrogen) atoms. The van der Waals surface area contributed by atoms with E-state index in [2.05, 4.69) is 19.8 Å². The van der Waals surface area contributed by atoms with Gasteiger partial charge < -0.3 is 14.4 Å². The Morgan fingerprint density at radius 2 is 2.16 bits per heavy atom. The third-order valence-electron chi connectivity index (χ3n) is 7.56. The summed E-state index contributed by atoms with van der Waals surface area (Å²) in [5, 5.41) is 0.627. The first kappa shape index (κ1) is 19.5. The second-order valence-electron chi connectivity index (χ2n) is 9.49. The molecule has 166 valence electrons. The van der Waals surface area contributed by atoms with E-state index in [-0.39, 0.29) is 17.1 Å². The molecule has 4 aliphatic rings. The molecule has 6 nitrogen and oxygen atoms in total. The van der Waals surface area contributed by atoms with Crippen molar-refractivity contribution in [3.05, 3.63) is 18.1 Å². The highest BCUT2D eigenvalue weighted by Crippen LogP contribution is 2.43. The molecule has 0 aromatic carbocycles. The quantitative estimate of drug-likeness (QED) is 0.737. The highest BCUT2D eigenvalue weighted by atomic mass is 19.1. The fourth-order valence-electron chi connectivity index (χ4n) is 6.04. The van der Waals surface area contributed by atoms with Crippen molar-refractivity contribution < 1.29 is 18.3 Å². The van der Waals surface area contributed by atoms with Crippen LogP contribution in [-0.4, -0.2) is 65.5 Å². The van der Waals surface area contributed by atoms with Crippen molar-refractivity contribution in [3.63, 3.8) is 0 Å². The first-order valence-electron chi connectivity index (χ1n) is 11.5. The van der Waals surface area contributed by atoms with E-state index in [0.717, 1.165) is 50.9 Å². The lowest BCUT2D eigenvalue weighted by atomic mass is 9.95. The van der Waals surface area contributed by atoms with Crippen molar-refractivity contribution in [2.45, 2.75) is 62.7 Å². The Balaban J connectivity index is 1.39. The van der Waals surface area contributed by atoms with Crippen LogP contribution >= 0.6 is 0 Å². The summed E-state index contributed by atoms with van der Waals surface area (Å²) in [7, 11) is 0. The number of ether oxygens (including phenoxy) is 2. The lowest BCUT2D eigenvalue weighted by molar-refractivity contribution is 0.111. The highest BCUT2D eigenvalue weighted by molar-refractivity contribution is 5.97. The number of rotatable bonds is 3. The summed E-state index contributed by atoms with van der Waals surface area (Å²) in [5.74, 6) is 0.356. The molecule has 1 unspecified atom stereocenters. The Labute approximate surface area is 180 Å². The van der Waals surface area contributed by atoms with E-state index in [9.17, 15) is 8.78 Å². The third-order valence-corrected chi connectivity index (χ3v) is 7.56. The number of alkyl halides is 1. The minimum absolute atomic E-state index is 0.226. The van der Waals surface area contributed by atoms with Gasteiger partial charge in [-0.1, -0.05) is 12.8 Å². The van der Waals surface area contributed by atoms with Crippen molar-refractivity contribution in [1.82, 2.24) is 14.9 Å². The Morgan fingerprint density at radius 1 is 1.23 bits per heavy atom. The number of hydrogen-bond acceptors (Lipinski definition) is 6. The topological polar surface area (TPSA) is 50.7 Å². The van der Waals surface area contributed by atoms with Gasteiger partial charge >= 0.3 is 0 Å². The van der Waals surface area contributed by atoms with Gasteiger partial charge in [-0.3, -0.25) is 4.90 Å². The zero-order valence-electron chi connectivity index (χ0n) is 17.7. The van der Waals surface area contributed by atoms with E-state index in [1.165, 1.54) is 12.6 Å². The minimum atomic E-state index is -0.806. The largest absolute Gasteiger partial charge is 0.476 e. The van der Waals surface area contributed by atoms with Crippen LogP contribution in [0.3, 0.4) is 0 Å². The van der Waals surface area contributed by atoms with Gasteiger partial charge in [-0.15, -0.1) is 0 Å². The van der Waals surface area contributed by atoms with Crippen LogP contribution in [0.4, 0.5) is 14.5 Å². The molecule has 3 saturated heterocycles. The lowest BCUT2D eigenvalue weighted by Crippen LogP contribution is -2.43. The van der Waals surface area contributed by atoms with E-state index in [1.807, 2.05) is 6.07 Å². The molecule has 3 fully saturated rings. The Bertz CT molecular complexity index is 1010. The van der Waals surface area contributed by atoms with Gasteiger partial charge in [-0.2, -0.15) is 0 Å². The second-order valence-corrected chi connectivity index (χ2v) is 9.49.